The lowest BCUT2D eigenvalue weighted by Crippen LogP contribution is -2.40. The molecule has 13 heavy (non-hydrogen) atoms. The standard InChI is InChI=1S/C9H14O4/c1-6-2-3-8(12-6)9(10)13-7-4-11-5-7/h6-8H,2-5H2,1H3. The quantitative estimate of drug-likeness (QED) is 0.589. The van der Waals surface area contributed by atoms with Crippen LogP contribution < -0.4 is 0 Å². The third kappa shape index (κ3) is 2.00. The van der Waals surface area contributed by atoms with Gasteiger partial charge in [0.2, 0.25) is 0 Å². The van der Waals surface area contributed by atoms with Gasteiger partial charge in [0.1, 0.15) is 6.10 Å². The van der Waals surface area contributed by atoms with Crippen molar-refractivity contribution in [1.82, 2.24) is 0 Å². The van der Waals surface area contributed by atoms with Crippen molar-refractivity contribution < 1.29 is 19.0 Å². The minimum atomic E-state index is -0.337. The Morgan fingerprint density at radius 1 is 1.38 bits per heavy atom. The Kier molecular flexibility index (Phi) is 2.51. The van der Waals surface area contributed by atoms with E-state index in [0.29, 0.717) is 13.2 Å². The van der Waals surface area contributed by atoms with Crippen LogP contribution in [0, 0.1) is 0 Å². The fourth-order valence-electron chi connectivity index (χ4n) is 1.50. The van der Waals surface area contributed by atoms with Crippen molar-refractivity contribution in [3.05, 3.63) is 0 Å². The highest BCUT2D eigenvalue weighted by Crippen LogP contribution is 2.21. The van der Waals surface area contributed by atoms with Gasteiger partial charge in [-0.2, -0.15) is 0 Å². The van der Waals surface area contributed by atoms with E-state index in [2.05, 4.69) is 0 Å². The highest BCUT2D eigenvalue weighted by atomic mass is 16.6. The summed E-state index contributed by atoms with van der Waals surface area (Å²) in [7, 11) is 0. The van der Waals surface area contributed by atoms with Gasteiger partial charge in [0.25, 0.3) is 0 Å². The van der Waals surface area contributed by atoms with Crippen molar-refractivity contribution in [3.63, 3.8) is 0 Å². The molecule has 2 atom stereocenters. The molecule has 2 saturated heterocycles. The third-order valence-corrected chi connectivity index (χ3v) is 2.39. The van der Waals surface area contributed by atoms with Gasteiger partial charge in [-0.05, 0) is 19.8 Å². The van der Waals surface area contributed by atoms with Crippen molar-refractivity contribution in [3.8, 4) is 0 Å². The molecule has 2 unspecified atom stereocenters. The predicted molar refractivity (Wildman–Crippen MR) is 44.3 cm³/mol. The largest absolute Gasteiger partial charge is 0.456 e. The smallest absolute Gasteiger partial charge is 0.335 e. The molecule has 0 aliphatic carbocycles. The van der Waals surface area contributed by atoms with Gasteiger partial charge in [0.05, 0.1) is 19.3 Å². The van der Waals surface area contributed by atoms with Crippen LogP contribution in [0.1, 0.15) is 19.8 Å². The first-order chi connectivity index (χ1) is 6.25. The van der Waals surface area contributed by atoms with Crippen LogP contribution in [0.2, 0.25) is 0 Å². The van der Waals surface area contributed by atoms with E-state index in [1.54, 1.807) is 0 Å². The Morgan fingerprint density at radius 3 is 2.62 bits per heavy atom. The molecule has 74 valence electrons. The van der Waals surface area contributed by atoms with E-state index < -0.39 is 0 Å². The molecule has 0 saturated carbocycles. The number of hydrogen-bond acceptors (Lipinski definition) is 4. The van der Waals surface area contributed by atoms with Crippen LogP contribution in [0.3, 0.4) is 0 Å². The molecule has 0 radical (unpaired) electrons. The van der Waals surface area contributed by atoms with Gasteiger partial charge < -0.3 is 14.2 Å². The van der Waals surface area contributed by atoms with Gasteiger partial charge in [-0.25, -0.2) is 4.79 Å². The first-order valence-corrected chi connectivity index (χ1v) is 4.69. The first kappa shape index (κ1) is 8.97. The second-order valence-corrected chi connectivity index (χ2v) is 3.61. The van der Waals surface area contributed by atoms with E-state index in [-0.39, 0.29) is 24.3 Å². The summed E-state index contributed by atoms with van der Waals surface area (Å²) in [6.07, 6.45) is 1.55. The Morgan fingerprint density at radius 2 is 2.15 bits per heavy atom. The van der Waals surface area contributed by atoms with E-state index >= 15 is 0 Å². The van der Waals surface area contributed by atoms with E-state index in [1.165, 1.54) is 0 Å². The monoisotopic (exact) mass is 186 g/mol. The Hall–Kier alpha value is -0.610. The normalized spacial score (nSPS) is 34.2. The fourth-order valence-corrected chi connectivity index (χ4v) is 1.50. The first-order valence-electron chi connectivity index (χ1n) is 4.69. The van der Waals surface area contributed by atoms with Crippen LogP contribution in [0.5, 0.6) is 0 Å². The molecule has 2 heterocycles. The van der Waals surface area contributed by atoms with Crippen LogP contribution >= 0.6 is 0 Å². The fraction of sp³-hybridized carbons (Fsp3) is 0.889. The van der Waals surface area contributed by atoms with E-state index in [9.17, 15) is 4.79 Å². The maximum Gasteiger partial charge on any atom is 0.335 e. The third-order valence-electron chi connectivity index (χ3n) is 2.39. The maximum absolute atomic E-state index is 11.4. The summed E-state index contributed by atoms with van der Waals surface area (Å²) in [5.74, 6) is -0.224. The van der Waals surface area contributed by atoms with Crippen molar-refractivity contribution in [2.75, 3.05) is 13.2 Å². The maximum atomic E-state index is 11.4. The molecule has 2 rings (SSSR count). The molecule has 2 fully saturated rings. The van der Waals surface area contributed by atoms with Gasteiger partial charge in [0, 0.05) is 0 Å². The van der Waals surface area contributed by atoms with Gasteiger partial charge in [-0.1, -0.05) is 0 Å². The summed E-state index contributed by atoms with van der Waals surface area (Å²) in [4.78, 5) is 11.4. The SMILES string of the molecule is CC1CCC(C(=O)OC2COC2)O1. The summed E-state index contributed by atoms with van der Waals surface area (Å²) in [5, 5.41) is 0. The molecule has 0 bridgehead atoms. The minimum absolute atomic E-state index is 0.0352. The molecule has 0 aromatic rings. The van der Waals surface area contributed by atoms with Gasteiger partial charge in [0.15, 0.2) is 6.10 Å². The van der Waals surface area contributed by atoms with Crippen LogP contribution in [0.15, 0.2) is 0 Å². The van der Waals surface area contributed by atoms with E-state index in [4.69, 9.17) is 14.2 Å². The lowest BCUT2D eigenvalue weighted by atomic mass is 10.2. The van der Waals surface area contributed by atoms with Gasteiger partial charge in [-0.15, -0.1) is 0 Å². The number of carbonyl (C=O) groups excluding carboxylic acids is 1. The molecule has 0 aromatic carbocycles. The lowest BCUT2D eigenvalue weighted by molar-refractivity contribution is -0.182. The average molecular weight is 186 g/mol. The molecule has 4 nitrogen and oxygen atoms in total. The van der Waals surface area contributed by atoms with Crippen LogP contribution in [0.4, 0.5) is 0 Å². The highest BCUT2D eigenvalue weighted by Gasteiger charge is 2.32. The Labute approximate surface area is 77.1 Å². The van der Waals surface area contributed by atoms with Crippen LogP contribution in [0.25, 0.3) is 0 Å². The molecule has 0 amide bonds. The molecular weight excluding hydrogens is 172 g/mol. The highest BCUT2D eigenvalue weighted by molar-refractivity contribution is 5.75. The summed E-state index contributed by atoms with van der Waals surface area (Å²) in [6.45, 7) is 3.04. The second kappa shape index (κ2) is 3.64. The molecular formula is C9H14O4. The summed E-state index contributed by atoms with van der Waals surface area (Å²) in [5.41, 5.74) is 0. The summed E-state index contributed by atoms with van der Waals surface area (Å²) in [6, 6.07) is 0. The number of esters is 1. The van der Waals surface area contributed by atoms with Crippen molar-refractivity contribution >= 4 is 5.97 Å². The van der Waals surface area contributed by atoms with Crippen molar-refractivity contribution in [2.45, 2.75) is 38.1 Å². The molecule has 0 N–H and O–H groups in total. The number of carbonyl (C=O) groups is 1. The van der Waals surface area contributed by atoms with Crippen LogP contribution in [-0.2, 0) is 19.0 Å². The minimum Gasteiger partial charge on any atom is -0.456 e. The Balaban J connectivity index is 1.76. The van der Waals surface area contributed by atoms with Gasteiger partial charge >= 0.3 is 5.97 Å². The average Bonchev–Trinajstić information content (AvgIpc) is 2.44. The van der Waals surface area contributed by atoms with Gasteiger partial charge in [-0.3, -0.25) is 0 Å². The van der Waals surface area contributed by atoms with Crippen molar-refractivity contribution in [2.24, 2.45) is 0 Å². The molecule has 0 spiro atoms. The number of hydrogen-bond donors (Lipinski definition) is 0. The zero-order valence-electron chi connectivity index (χ0n) is 7.69. The summed E-state index contributed by atoms with van der Waals surface area (Å²) < 4.78 is 15.4. The Bertz CT molecular complexity index is 200. The van der Waals surface area contributed by atoms with E-state index in [1.807, 2.05) is 6.92 Å². The van der Waals surface area contributed by atoms with Crippen LogP contribution in [-0.4, -0.2) is 37.5 Å². The predicted octanol–water partition coefficient (Wildman–Crippen LogP) is 0.496. The lowest BCUT2D eigenvalue weighted by Gasteiger charge is -2.26. The zero-order chi connectivity index (χ0) is 9.26. The molecule has 4 heteroatoms. The second-order valence-electron chi connectivity index (χ2n) is 3.61. The molecule has 0 aromatic heterocycles. The summed E-state index contributed by atoms with van der Waals surface area (Å²) >= 11 is 0. The van der Waals surface area contributed by atoms with E-state index in [0.717, 1.165) is 12.8 Å². The zero-order valence-corrected chi connectivity index (χ0v) is 7.69. The topological polar surface area (TPSA) is 44.8 Å². The number of ether oxygens (including phenoxy) is 3. The van der Waals surface area contributed by atoms with Crippen molar-refractivity contribution in [1.29, 1.82) is 0 Å². The number of rotatable bonds is 2. The molecule has 2 aliphatic heterocycles. The molecule has 2 aliphatic rings.